The van der Waals surface area contributed by atoms with Gasteiger partial charge in [0.15, 0.2) is 0 Å². The molecular weight excluding hydrogens is 245 g/mol. The van der Waals surface area contributed by atoms with Gasteiger partial charge in [0.05, 0.1) is 24.5 Å². The molecule has 0 saturated carbocycles. The molecule has 3 nitrogen and oxygen atoms in total. The summed E-state index contributed by atoms with van der Waals surface area (Å²) in [5, 5.41) is 3.45. The van der Waals surface area contributed by atoms with Crippen LogP contribution in [0.3, 0.4) is 0 Å². The summed E-state index contributed by atoms with van der Waals surface area (Å²) < 4.78 is 24.4. The van der Waals surface area contributed by atoms with Gasteiger partial charge in [0.1, 0.15) is 11.6 Å². The van der Waals surface area contributed by atoms with Crippen LogP contribution in [0, 0.1) is 5.82 Å². The van der Waals surface area contributed by atoms with Crippen LogP contribution in [-0.4, -0.2) is 24.9 Å². The van der Waals surface area contributed by atoms with Crippen molar-refractivity contribution in [1.29, 1.82) is 0 Å². The third-order valence-electron chi connectivity index (χ3n) is 3.30. The molecule has 1 saturated heterocycles. The van der Waals surface area contributed by atoms with Gasteiger partial charge in [-0.3, -0.25) is 0 Å². The quantitative estimate of drug-likeness (QED) is 0.904. The molecular formula is C15H22FNO2. The lowest BCUT2D eigenvalue weighted by atomic mass is 9.99. The number of ether oxygens (including phenoxy) is 2. The summed E-state index contributed by atoms with van der Waals surface area (Å²) in [6.07, 6.45) is 2.40. The van der Waals surface area contributed by atoms with Crippen LogP contribution in [0.5, 0.6) is 5.75 Å². The van der Waals surface area contributed by atoms with Crippen molar-refractivity contribution in [3.8, 4) is 5.75 Å². The molecule has 0 bridgehead atoms. The first kappa shape index (κ1) is 14.1. The van der Waals surface area contributed by atoms with E-state index in [4.69, 9.17) is 9.47 Å². The van der Waals surface area contributed by atoms with Crippen molar-refractivity contribution >= 4 is 5.69 Å². The molecule has 1 heterocycles. The van der Waals surface area contributed by atoms with E-state index in [1.807, 2.05) is 6.92 Å². The van der Waals surface area contributed by atoms with Crippen LogP contribution in [0.25, 0.3) is 0 Å². The predicted octanol–water partition coefficient (Wildman–Crippen LogP) is 3.59. The van der Waals surface area contributed by atoms with Crippen molar-refractivity contribution < 1.29 is 13.9 Å². The Morgan fingerprint density at radius 3 is 2.63 bits per heavy atom. The SMILES string of the molecule is CCOc1cc(F)ccc1NC1CC(C)OC(C)C1. The van der Waals surface area contributed by atoms with E-state index in [0.717, 1.165) is 18.5 Å². The van der Waals surface area contributed by atoms with Crippen LogP contribution in [-0.2, 0) is 4.74 Å². The Bertz CT molecular complexity index is 415. The van der Waals surface area contributed by atoms with E-state index >= 15 is 0 Å². The summed E-state index contributed by atoms with van der Waals surface area (Å²) in [5.74, 6) is 0.303. The molecule has 4 heteroatoms. The van der Waals surface area contributed by atoms with Gasteiger partial charge in [0.2, 0.25) is 0 Å². The molecule has 0 aromatic heterocycles. The Kier molecular flexibility index (Phi) is 4.64. The normalized spacial score (nSPS) is 27.1. The third-order valence-corrected chi connectivity index (χ3v) is 3.30. The molecule has 19 heavy (non-hydrogen) atoms. The highest BCUT2D eigenvalue weighted by molar-refractivity contribution is 5.57. The molecule has 1 aliphatic rings. The molecule has 2 rings (SSSR count). The molecule has 0 aliphatic carbocycles. The number of halogens is 1. The van der Waals surface area contributed by atoms with Crippen LogP contribution < -0.4 is 10.1 Å². The first-order chi connectivity index (χ1) is 9.08. The predicted molar refractivity (Wildman–Crippen MR) is 74.2 cm³/mol. The zero-order chi connectivity index (χ0) is 13.8. The van der Waals surface area contributed by atoms with E-state index in [1.54, 1.807) is 6.07 Å². The highest BCUT2D eigenvalue weighted by Crippen LogP contribution is 2.29. The van der Waals surface area contributed by atoms with E-state index < -0.39 is 0 Å². The van der Waals surface area contributed by atoms with Gasteiger partial charge in [0, 0.05) is 12.1 Å². The molecule has 1 fully saturated rings. The average Bonchev–Trinajstić information content (AvgIpc) is 2.32. The maximum absolute atomic E-state index is 13.2. The van der Waals surface area contributed by atoms with Gasteiger partial charge in [-0.25, -0.2) is 4.39 Å². The lowest BCUT2D eigenvalue weighted by molar-refractivity contribution is -0.0338. The molecule has 1 aliphatic heterocycles. The molecule has 2 unspecified atom stereocenters. The van der Waals surface area contributed by atoms with Crippen LogP contribution in [0.4, 0.5) is 10.1 Å². The lowest BCUT2D eigenvalue weighted by Crippen LogP contribution is -2.37. The van der Waals surface area contributed by atoms with Gasteiger partial charge in [-0.2, -0.15) is 0 Å². The van der Waals surface area contributed by atoms with E-state index in [9.17, 15) is 4.39 Å². The Balaban J connectivity index is 2.09. The van der Waals surface area contributed by atoms with Crippen molar-refractivity contribution in [2.75, 3.05) is 11.9 Å². The summed E-state index contributed by atoms with van der Waals surface area (Å²) in [5.41, 5.74) is 0.856. The first-order valence-corrected chi connectivity index (χ1v) is 6.92. The second-order valence-electron chi connectivity index (χ2n) is 5.14. The Morgan fingerprint density at radius 2 is 2.00 bits per heavy atom. The zero-order valence-electron chi connectivity index (χ0n) is 11.8. The number of rotatable bonds is 4. The average molecular weight is 267 g/mol. The molecule has 1 aromatic rings. The van der Waals surface area contributed by atoms with E-state index in [0.29, 0.717) is 18.4 Å². The highest BCUT2D eigenvalue weighted by Gasteiger charge is 2.24. The maximum atomic E-state index is 13.2. The van der Waals surface area contributed by atoms with Crippen LogP contribution >= 0.6 is 0 Å². The fourth-order valence-electron chi connectivity index (χ4n) is 2.63. The van der Waals surface area contributed by atoms with Gasteiger partial charge in [0.25, 0.3) is 0 Å². The zero-order valence-corrected chi connectivity index (χ0v) is 11.8. The standard InChI is InChI=1S/C15H22FNO2/c1-4-18-15-9-12(16)5-6-14(15)17-13-7-10(2)19-11(3)8-13/h5-6,9-11,13,17H,4,7-8H2,1-3H3. The van der Waals surface area contributed by atoms with Crippen molar-refractivity contribution in [3.05, 3.63) is 24.0 Å². The Hall–Kier alpha value is -1.29. The first-order valence-electron chi connectivity index (χ1n) is 6.92. The lowest BCUT2D eigenvalue weighted by Gasteiger charge is -2.33. The molecule has 1 aromatic carbocycles. The smallest absolute Gasteiger partial charge is 0.145 e. The number of hydrogen-bond donors (Lipinski definition) is 1. The second kappa shape index (κ2) is 6.24. The minimum absolute atomic E-state index is 0.247. The van der Waals surface area contributed by atoms with Gasteiger partial charge in [-0.05, 0) is 45.7 Å². The fourth-order valence-corrected chi connectivity index (χ4v) is 2.63. The van der Waals surface area contributed by atoms with Gasteiger partial charge in [-0.1, -0.05) is 0 Å². The summed E-state index contributed by atoms with van der Waals surface area (Å²) in [7, 11) is 0. The summed E-state index contributed by atoms with van der Waals surface area (Å²) in [6.45, 7) is 6.59. The summed E-state index contributed by atoms with van der Waals surface area (Å²) in [6, 6.07) is 4.96. The molecule has 106 valence electrons. The van der Waals surface area contributed by atoms with Crippen molar-refractivity contribution in [1.82, 2.24) is 0 Å². The van der Waals surface area contributed by atoms with Crippen LogP contribution in [0.15, 0.2) is 18.2 Å². The highest BCUT2D eigenvalue weighted by atomic mass is 19.1. The van der Waals surface area contributed by atoms with Crippen molar-refractivity contribution in [2.24, 2.45) is 0 Å². The number of benzene rings is 1. The van der Waals surface area contributed by atoms with Crippen molar-refractivity contribution in [2.45, 2.75) is 51.9 Å². The molecule has 0 amide bonds. The van der Waals surface area contributed by atoms with E-state index in [-0.39, 0.29) is 18.0 Å². The van der Waals surface area contributed by atoms with E-state index in [1.165, 1.54) is 12.1 Å². The van der Waals surface area contributed by atoms with Gasteiger partial charge in [-0.15, -0.1) is 0 Å². The minimum atomic E-state index is -0.275. The van der Waals surface area contributed by atoms with Gasteiger partial charge < -0.3 is 14.8 Å². The summed E-state index contributed by atoms with van der Waals surface area (Å²) in [4.78, 5) is 0. The molecule has 1 N–H and O–H groups in total. The third kappa shape index (κ3) is 3.83. The Labute approximate surface area is 114 Å². The number of nitrogens with one attached hydrogen (secondary N) is 1. The largest absolute Gasteiger partial charge is 0.492 e. The van der Waals surface area contributed by atoms with Crippen LogP contribution in [0.1, 0.15) is 33.6 Å². The number of hydrogen-bond acceptors (Lipinski definition) is 3. The summed E-state index contributed by atoms with van der Waals surface area (Å²) >= 11 is 0. The second-order valence-corrected chi connectivity index (χ2v) is 5.14. The van der Waals surface area contributed by atoms with Gasteiger partial charge >= 0.3 is 0 Å². The van der Waals surface area contributed by atoms with E-state index in [2.05, 4.69) is 19.2 Å². The molecule has 0 radical (unpaired) electrons. The monoisotopic (exact) mass is 267 g/mol. The van der Waals surface area contributed by atoms with Crippen molar-refractivity contribution in [3.63, 3.8) is 0 Å². The molecule has 2 atom stereocenters. The topological polar surface area (TPSA) is 30.5 Å². The number of anilines is 1. The minimum Gasteiger partial charge on any atom is -0.492 e. The maximum Gasteiger partial charge on any atom is 0.145 e. The fraction of sp³-hybridized carbons (Fsp3) is 0.600. The Morgan fingerprint density at radius 1 is 1.32 bits per heavy atom. The molecule has 0 spiro atoms. The van der Waals surface area contributed by atoms with Crippen LogP contribution in [0.2, 0.25) is 0 Å².